The molecule has 1 atom stereocenters. The lowest BCUT2D eigenvalue weighted by atomic mass is 10.0. The summed E-state index contributed by atoms with van der Waals surface area (Å²) in [5.74, 6) is 0.258. The molecule has 182 valence electrons. The summed E-state index contributed by atoms with van der Waals surface area (Å²) in [5.41, 5.74) is -0.101. The molecule has 0 radical (unpaired) electrons. The van der Waals surface area contributed by atoms with Crippen LogP contribution in [0.5, 0.6) is 0 Å². The molecule has 3 N–H and O–H groups in total. The van der Waals surface area contributed by atoms with E-state index in [2.05, 4.69) is 10.3 Å². The molecule has 0 spiro atoms. The van der Waals surface area contributed by atoms with Crippen LogP contribution in [0.1, 0.15) is 36.8 Å². The van der Waals surface area contributed by atoms with Crippen molar-refractivity contribution in [3.05, 3.63) is 64.7 Å². The first-order chi connectivity index (χ1) is 16.2. The third-order valence-electron chi connectivity index (χ3n) is 6.08. The van der Waals surface area contributed by atoms with Crippen LogP contribution in [0.2, 0.25) is 5.02 Å². The lowest BCUT2D eigenvalue weighted by Crippen LogP contribution is -2.44. The Morgan fingerprint density at radius 1 is 1.24 bits per heavy atom. The molecular formula is C23H27ClN4O4S2. The zero-order valence-corrected chi connectivity index (χ0v) is 21.1. The molecule has 1 saturated carbocycles. The van der Waals surface area contributed by atoms with Gasteiger partial charge in [-0.3, -0.25) is 4.99 Å². The molecule has 2 aromatic carbocycles. The van der Waals surface area contributed by atoms with Gasteiger partial charge in [0.05, 0.1) is 17.3 Å². The van der Waals surface area contributed by atoms with E-state index in [9.17, 15) is 18.3 Å². The number of amidine groups is 1. The summed E-state index contributed by atoms with van der Waals surface area (Å²) in [6.45, 7) is 0.462. The summed E-state index contributed by atoms with van der Waals surface area (Å²) in [7, 11) is -2.54. The van der Waals surface area contributed by atoms with E-state index >= 15 is 0 Å². The number of carbonyl (C=O) groups is 1. The maximum absolute atomic E-state index is 12.9. The van der Waals surface area contributed by atoms with Crippen molar-refractivity contribution >= 4 is 44.6 Å². The second kappa shape index (κ2) is 10.2. The molecule has 2 amide bonds. The average Bonchev–Trinajstić information content (AvgIpc) is 3.41. The maximum Gasteiger partial charge on any atom is 0.328 e. The Morgan fingerprint density at radius 2 is 1.94 bits per heavy atom. The van der Waals surface area contributed by atoms with E-state index in [0.717, 1.165) is 31.2 Å². The number of urea groups is 1. The van der Waals surface area contributed by atoms with Gasteiger partial charge in [0.25, 0.3) is 10.0 Å². The molecule has 1 aliphatic carbocycles. The van der Waals surface area contributed by atoms with Gasteiger partial charge in [-0.15, -0.1) is 0 Å². The molecule has 1 aliphatic heterocycles. The molecule has 34 heavy (non-hydrogen) atoms. The SMILES string of the molecule is CN1C(=NCc2ccccc2)SCC1(O)c1ccc(Cl)c(S(=O)(=O)NC(=O)NC2CCCC2)c1. The highest BCUT2D eigenvalue weighted by Gasteiger charge is 2.43. The van der Waals surface area contributed by atoms with Gasteiger partial charge in [-0.25, -0.2) is 17.9 Å². The predicted molar refractivity (Wildman–Crippen MR) is 134 cm³/mol. The fourth-order valence-corrected chi connectivity index (χ4v) is 6.74. The Bertz CT molecular complexity index is 1190. The lowest BCUT2D eigenvalue weighted by molar-refractivity contribution is -0.0350. The fraction of sp³-hybridized carbons (Fsp3) is 0.391. The van der Waals surface area contributed by atoms with E-state index in [0.29, 0.717) is 17.3 Å². The Balaban J connectivity index is 1.53. The summed E-state index contributed by atoms with van der Waals surface area (Å²) >= 11 is 7.58. The zero-order chi connectivity index (χ0) is 24.3. The summed E-state index contributed by atoms with van der Waals surface area (Å²) in [6, 6.07) is 13.3. The van der Waals surface area contributed by atoms with Gasteiger partial charge in [0.2, 0.25) is 0 Å². The summed E-state index contributed by atoms with van der Waals surface area (Å²) in [4.78, 5) is 18.2. The van der Waals surface area contributed by atoms with Gasteiger partial charge in [-0.1, -0.05) is 72.6 Å². The molecule has 8 nitrogen and oxygen atoms in total. The number of aliphatic imine (C=N–C) groups is 1. The van der Waals surface area contributed by atoms with E-state index in [1.165, 1.54) is 23.9 Å². The number of halogens is 1. The Kier molecular flexibility index (Phi) is 7.42. The quantitative estimate of drug-likeness (QED) is 0.534. The molecule has 2 aliphatic rings. The number of thioether (sulfide) groups is 1. The first-order valence-corrected chi connectivity index (χ1v) is 13.8. The van der Waals surface area contributed by atoms with Crippen LogP contribution < -0.4 is 10.0 Å². The van der Waals surface area contributed by atoms with Crippen molar-refractivity contribution in [2.75, 3.05) is 12.8 Å². The molecule has 1 unspecified atom stereocenters. The van der Waals surface area contributed by atoms with Gasteiger partial charge in [0, 0.05) is 18.7 Å². The van der Waals surface area contributed by atoms with Gasteiger partial charge in [-0.05, 0) is 30.5 Å². The minimum atomic E-state index is -4.25. The molecule has 1 saturated heterocycles. The van der Waals surface area contributed by atoms with E-state index < -0.39 is 21.8 Å². The average molecular weight is 523 g/mol. The highest BCUT2D eigenvalue weighted by atomic mass is 35.5. The molecule has 2 fully saturated rings. The van der Waals surface area contributed by atoms with Crippen LogP contribution in [0.15, 0.2) is 58.4 Å². The minimum absolute atomic E-state index is 0.0320. The number of nitrogens with one attached hydrogen (secondary N) is 2. The van der Waals surface area contributed by atoms with Crippen LogP contribution in [-0.4, -0.2) is 48.5 Å². The largest absolute Gasteiger partial charge is 0.366 e. The van der Waals surface area contributed by atoms with Gasteiger partial charge < -0.3 is 15.3 Å². The van der Waals surface area contributed by atoms with Crippen molar-refractivity contribution < 1.29 is 18.3 Å². The summed E-state index contributed by atoms with van der Waals surface area (Å²) < 4.78 is 27.9. The molecule has 4 rings (SSSR count). The number of carbonyl (C=O) groups excluding carboxylic acids is 1. The van der Waals surface area contributed by atoms with Crippen molar-refractivity contribution in [2.24, 2.45) is 4.99 Å². The number of amides is 2. The van der Waals surface area contributed by atoms with Crippen LogP contribution in [-0.2, 0) is 22.3 Å². The number of rotatable bonds is 6. The zero-order valence-electron chi connectivity index (χ0n) is 18.7. The van der Waals surface area contributed by atoms with Gasteiger partial charge in [0.15, 0.2) is 10.9 Å². The molecule has 1 heterocycles. The number of benzene rings is 2. The number of hydrogen-bond acceptors (Lipinski definition) is 6. The van der Waals surface area contributed by atoms with E-state index in [1.807, 2.05) is 35.1 Å². The molecule has 0 aromatic heterocycles. The van der Waals surface area contributed by atoms with Crippen LogP contribution in [0.4, 0.5) is 4.79 Å². The number of nitrogens with zero attached hydrogens (tertiary/aromatic N) is 2. The van der Waals surface area contributed by atoms with Crippen molar-refractivity contribution in [1.29, 1.82) is 0 Å². The summed E-state index contributed by atoms with van der Waals surface area (Å²) in [5, 5.41) is 14.7. The third-order valence-corrected chi connectivity index (χ3v) is 9.11. The lowest BCUT2D eigenvalue weighted by Gasteiger charge is -2.31. The highest BCUT2D eigenvalue weighted by Crippen LogP contribution is 2.39. The third kappa shape index (κ3) is 5.35. The molecular weight excluding hydrogens is 496 g/mol. The monoisotopic (exact) mass is 522 g/mol. The van der Waals surface area contributed by atoms with E-state index in [-0.39, 0.29) is 21.7 Å². The number of hydrogen-bond donors (Lipinski definition) is 3. The fourth-order valence-electron chi connectivity index (χ4n) is 4.11. The maximum atomic E-state index is 12.9. The molecule has 2 aromatic rings. The van der Waals surface area contributed by atoms with Crippen molar-refractivity contribution in [3.8, 4) is 0 Å². The second-order valence-corrected chi connectivity index (χ2v) is 11.5. The standard InChI is InChI=1S/C23H27ClN4O4S2/c1-28-22(25-14-16-7-3-2-4-8-16)33-15-23(28,30)17-11-12-19(24)20(13-17)34(31,32)27-21(29)26-18-9-5-6-10-18/h2-4,7-8,11-13,18,30H,5-6,9-10,14-15H2,1H3,(H2,26,27,29). The Labute approximate surface area is 208 Å². The van der Waals surface area contributed by atoms with E-state index in [4.69, 9.17) is 11.6 Å². The van der Waals surface area contributed by atoms with Gasteiger partial charge in [0.1, 0.15) is 4.90 Å². The van der Waals surface area contributed by atoms with Crippen LogP contribution in [0.3, 0.4) is 0 Å². The van der Waals surface area contributed by atoms with Gasteiger partial charge >= 0.3 is 6.03 Å². The normalized spacial score (nSPS) is 22.3. The minimum Gasteiger partial charge on any atom is -0.366 e. The summed E-state index contributed by atoms with van der Waals surface area (Å²) in [6.07, 6.45) is 3.67. The van der Waals surface area contributed by atoms with Crippen LogP contribution in [0.25, 0.3) is 0 Å². The Hall–Kier alpha value is -2.27. The first-order valence-electron chi connectivity index (χ1n) is 11.0. The molecule has 0 bridgehead atoms. The topological polar surface area (TPSA) is 111 Å². The first kappa shape index (κ1) is 24.8. The van der Waals surface area contributed by atoms with Crippen molar-refractivity contribution in [2.45, 2.75) is 48.9 Å². The van der Waals surface area contributed by atoms with Crippen molar-refractivity contribution in [1.82, 2.24) is 14.9 Å². The number of aliphatic hydroxyl groups is 1. The van der Waals surface area contributed by atoms with Crippen molar-refractivity contribution in [3.63, 3.8) is 0 Å². The smallest absolute Gasteiger partial charge is 0.328 e. The van der Waals surface area contributed by atoms with E-state index in [1.54, 1.807) is 18.0 Å². The second-order valence-electron chi connectivity index (χ2n) is 8.45. The highest BCUT2D eigenvalue weighted by molar-refractivity contribution is 8.14. The van der Waals surface area contributed by atoms with Crippen LogP contribution >= 0.6 is 23.4 Å². The Morgan fingerprint density at radius 3 is 2.65 bits per heavy atom. The molecule has 11 heteroatoms. The van der Waals surface area contributed by atoms with Crippen LogP contribution in [0, 0.1) is 0 Å². The van der Waals surface area contributed by atoms with Gasteiger partial charge in [-0.2, -0.15) is 0 Å². The predicted octanol–water partition coefficient (Wildman–Crippen LogP) is 3.65. The number of sulfonamides is 1.